The second-order valence-corrected chi connectivity index (χ2v) is 5.00. The summed E-state index contributed by atoms with van der Waals surface area (Å²) in [5.41, 5.74) is -0.0633. The number of nitrogens with zero attached hydrogens (tertiary/aromatic N) is 2. The van der Waals surface area contributed by atoms with Crippen LogP contribution in [0.4, 0.5) is 18.9 Å². The highest BCUT2D eigenvalue weighted by atomic mass is 19.4. The number of aryl methyl sites for hydroxylation is 1. The van der Waals surface area contributed by atoms with Crippen molar-refractivity contribution in [3.63, 3.8) is 0 Å². The fraction of sp³-hybridized carbons (Fsp3) is 0.267. The minimum atomic E-state index is -4.90. The molecule has 0 fully saturated rings. The van der Waals surface area contributed by atoms with Gasteiger partial charge in [0, 0.05) is 13.2 Å². The zero-order valence-electron chi connectivity index (χ0n) is 13.8. The summed E-state index contributed by atoms with van der Waals surface area (Å²) < 4.78 is 47.2. The van der Waals surface area contributed by atoms with Crippen LogP contribution in [-0.4, -0.2) is 41.6 Å². The molecule has 2 N–H and O–H groups in total. The molecule has 0 saturated carbocycles. The summed E-state index contributed by atoms with van der Waals surface area (Å²) in [5.74, 6) is -1.84. The van der Waals surface area contributed by atoms with Crippen molar-refractivity contribution in [2.24, 2.45) is 7.05 Å². The van der Waals surface area contributed by atoms with E-state index in [1.54, 1.807) is 7.05 Å². The quantitative estimate of drug-likeness (QED) is 0.805. The van der Waals surface area contributed by atoms with Gasteiger partial charge in [0.25, 0.3) is 5.91 Å². The Labute approximate surface area is 145 Å². The lowest BCUT2D eigenvalue weighted by Crippen LogP contribution is -2.33. The molecular weight excluding hydrogens is 357 g/mol. The molecule has 0 spiro atoms. The van der Waals surface area contributed by atoms with E-state index >= 15 is 0 Å². The zero-order chi connectivity index (χ0) is 19.3. The Balaban J connectivity index is 1.98. The molecule has 0 unspecified atom stereocenters. The van der Waals surface area contributed by atoms with Crippen LogP contribution in [-0.2, 0) is 11.8 Å². The van der Waals surface area contributed by atoms with Gasteiger partial charge in [-0.1, -0.05) is 12.1 Å². The summed E-state index contributed by atoms with van der Waals surface area (Å²) in [6.07, 6.45) is -3.50. The lowest BCUT2D eigenvalue weighted by Gasteiger charge is -2.14. The van der Waals surface area contributed by atoms with Gasteiger partial charge in [-0.05, 0) is 12.1 Å². The Morgan fingerprint density at radius 3 is 2.62 bits per heavy atom. The van der Waals surface area contributed by atoms with Crippen molar-refractivity contribution >= 4 is 17.5 Å². The van der Waals surface area contributed by atoms with Crippen LogP contribution >= 0.6 is 0 Å². The molecule has 0 atom stereocenters. The molecule has 0 radical (unpaired) electrons. The molecule has 1 aromatic carbocycles. The largest absolute Gasteiger partial charge is 0.573 e. The highest BCUT2D eigenvalue weighted by Crippen LogP contribution is 2.29. The van der Waals surface area contributed by atoms with E-state index in [9.17, 15) is 22.8 Å². The highest BCUT2D eigenvalue weighted by molar-refractivity contribution is 6.00. The van der Waals surface area contributed by atoms with E-state index < -0.39 is 30.5 Å². The van der Waals surface area contributed by atoms with E-state index in [-0.39, 0.29) is 17.1 Å². The minimum Gasteiger partial charge on any atom is -0.479 e. The van der Waals surface area contributed by atoms with Gasteiger partial charge in [0.05, 0.1) is 19.3 Å². The van der Waals surface area contributed by atoms with Gasteiger partial charge < -0.3 is 20.1 Å². The number of ether oxygens (including phenoxy) is 2. The number of anilines is 1. The molecule has 8 nitrogen and oxygen atoms in total. The molecule has 2 aromatic rings. The van der Waals surface area contributed by atoms with E-state index in [0.717, 1.165) is 6.07 Å². The Bertz CT molecular complexity index is 804. The second-order valence-electron chi connectivity index (χ2n) is 5.00. The van der Waals surface area contributed by atoms with Gasteiger partial charge in [-0.3, -0.25) is 14.3 Å². The van der Waals surface area contributed by atoms with Gasteiger partial charge in [0.1, 0.15) is 5.56 Å². The molecule has 0 aliphatic carbocycles. The number of rotatable bonds is 6. The van der Waals surface area contributed by atoms with Crippen LogP contribution < -0.4 is 20.1 Å². The van der Waals surface area contributed by atoms with Crippen molar-refractivity contribution in [2.75, 3.05) is 19.0 Å². The molecule has 26 heavy (non-hydrogen) atoms. The summed E-state index contributed by atoms with van der Waals surface area (Å²) in [5, 5.41) is 8.47. The molecule has 0 aliphatic heterocycles. The number of hydrogen-bond acceptors (Lipinski definition) is 5. The van der Waals surface area contributed by atoms with Gasteiger partial charge in [-0.25, -0.2) is 0 Å². The predicted octanol–water partition coefficient (Wildman–Crippen LogP) is 1.70. The van der Waals surface area contributed by atoms with Crippen molar-refractivity contribution in [1.29, 1.82) is 0 Å². The third-order valence-corrected chi connectivity index (χ3v) is 3.03. The number of nitrogens with one attached hydrogen (secondary N) is 2. The van der Waals surface area contributed by atoms with E-state index in [0.29, 0.717) is 0 Å². The third kappa shape index (κ3) is 5.13. The number of halogens is 3. The average Bonchev–Trinajstić information content (AvgIpc) is 2.94. The van der Waals surface area contributed by atoms with E-state index in [1.807, 2.05) is 0 Å². The molecule has 11 heteroatoms. The number of para-hydroxylation sites is 2. The standard InChI is InChI=1S/C15H15F3N4O4/c1-22-8-9(14(21-22)25-2)13(24)19-7-12(23)20-10-5-3-4-6-11(10)26-15(16,17)18/h3-6,8H,7H2,1-2H3,(H,19,24)(H,20,23). The smallest absolute Gasteiger partial charge is 0.479 e. The van der Waals surface area contributed by atoms with Crippen LogP contribution in [0, 0.1) is 0 Å². The Morgan fingerprint density at radius 1 is 1.27 bits per heavy atom. The third-order valence-electron chi connectivity index (χ3n) is 3.03. The number of aromatic nitrogens is 2. The maximum Gasteiger partial charge on any atom is 0.573 e. The van der Waals surface area contributed by atoms with Gasteiger partial charge >= 0.3 is 6.36 Å². The van der Waals surface area contributed by atoms with E-state index in [4.69, 9.17) is 4.74 Å². The first-order valence-corrected chi connectivity index (χ1v) is 7.20. The molecular formula is C15H15F3N4O4. The predicted molar refractivity (Wildman–Crippen MR) is 83.8 cm³/mol. The van der Waals surface area contributed by atoms with Gasteiger partial charge in [-0.2, -0.15) is 0 Å². The normalized spacial score (nSPS) is 11.0. The van der Waals surface area contributed by atoms with Crippen LogP contribution in [0.1, 0.15) is 10.4 Å². The highest BCUT2D eigenvalue weighted by Gasteiger charge is 2.32. The molecule has 1 aromatic heterocycles. The summed E-state index contributed by atoms with van der Waals surface area (Å²) >= 11 is 0. The maximum atomic E-state index is 12.4. The topological polar surface area (TPSA) is 94.5 Å². The summed E-state index contributed by atoms with van der Waals surface area (Å²) in [6.45, 7) is -0.475. The first-order chi connectivity index (χ1) is 12.2. The van der Waals surface area contributed by atoms with Gasteiger partial charge in [0.15, 0.2) is 5.75 Å². The zero-order valence-corrected chi connectivity index (χ0v) is 13.8. The number of hydrogen-bond donors (Lipinski definition) is 2. The molecule has 0 saturated heterocycles. The number of methoxy groups -OCH3 is 1. The molecule has 0 bridgehead atoms. The lowest BCUT2D eigenvalue weighted by molar-refractivity contribution is -0.274. The summed E-state index contributed by atoms with van der Waals surface area (Å²) in [6, 6.07) is 5.05. The molecule has 1 heterocycles. The van der Waals surface area contributed by atoms with Crippen molar-refractivity contribution in [3.05, 3.63) is 36.0 Å². The van der Waals surface area contributed by atoms with Crippen LogP contribution in [0.3, 0.4) is 0 Å². The number of benzene rings is 1. The SMILES string of the molecule is COc1nn(C)cc1C(=O)NCC(=O)Nc1ccccc1OC(F)(F)F. The molecule has 2 amide bonds. The van der Waals surface area contributed by atoms with Crippen LogP contribution in [0.5, 0.6) is 11.6 Å². The minimum absolute atomic E-state index is 0.0781. The molecule has 140 valence electrons. The number of amides is 2. The van der Waals surface area contributed by atoms with E-state index in [2.05, 4.69) is 20.5 Å². The second kappa shape index (κ2) is 7.76. The van der Waals surface area contributed by atoms with Crippen molar-refractivity contribution < 1.29 is 32.2 Å². The van der Waals surface area contributed by atoms with Crippen LogP contribution in [0.2, 0.25) is 0 Å². The molecule has 0 aliphatic rings. The lowest BCUT2D eigenvalue weighted by atomic mass is 10.3. The first kappa shape index (κ1) is 19.1. The Hall–Kier alpha value is -3.24. The van der Waals surface area contributed by atoms with Gasteiger partial charge in [-0.15, -0.1) is 18.3 Å². The monoisotopic (exact) mass is 372 g/mol. The number of alkyl halides is 3. The Morgan fingerprint density at radius 2 is 1.96 bits per heavy atom. The van der Waals surface area contributed by atoms with Crippen molar-refractivity contribution in [1.82, 2.24) is 15.1 Å². The molecule has 2 rings (SSSR count). The maximum absolute atomic E-state index is 12.4. The van der Waals surface area contributed by atoms with Crippen LogP contribution in [0.25, 0.3) is 0 Å². The Kier molecular flexibility index (Phi) is 5.70. The number of carbonyl (C=O) groups excluding carboxylic acids is 2. The first-order valence-electron chi connectivity index (χ1n) is 7.20. The van der Waals surface area contributed by atoms with Crippen molar-refractivity contribution in [2.45, 2.75) is 6.36 Å². The number of carbonyl (C=O) groups is 2. The fourth-order valence-electron chi connectivity index (χ4n) is 2.01. The summed E-state index contributed by atoms with van der Waals surface area (Å²) in [4.78, 5) is 24.0. The van der Waals surface area contributed by atoms with Crippen molar-refractivity contribution in [3.8, 4) is 11.6 Å². The fourth-order valence-corrected chi connectivity index (χ4v) is 2.01. The van der Waals surface area contributed by atoms with Gasteiger partial charge in [0.2, 0.25) is 11.8 Å². The average molecular weight is 372 g/mol. The van der Waals surface area contributed by atoms with E-state index in [1.165, 1.54) is 36.2 Å². The van der Waals surface area contributed by atoms with Crippen LogP contribution in [0.15, 0.2) is 30.5 Å². The summed E-state index contributed by atoms with van der Waals surface area (Å²) in [7, 11) is 2.92.